The number of rotatable bonds is 4. The standard InChI is InChI=1S/C16H26N2.ClH/c1-13-5-3-7-16(11-13)14(2)18-10-4-6-15(12-18)8-9-17;/h3,5,7,11,14-15H,4,6,8-10,12,17H2,1-2H3;1H. The Kier molecular flexibility index (Phi) is 6.84. The molecule has 1 aromatic rings. The predicted octanol–water partition coefficient (Wildman–Crippen LogP) is 3.54. The molecule has 0 saturated carbocycles. The number of nitrogens with two attached hydrogens (primary N) is 1. The summed E-state index contributed by atoms with van der Waals surface area (Å²) in [6.45, 7) is 7.78. The van der Waals surface area contributed by atoms with E-state index in [0.717, 1.165) is 12.5 Å². The topological polar surface area (TPSA) is 29.3 Å². The minimum absolute atomic E-state index is 0. The van der Waals surface area contributed by atoms with Gasteiger partial charge in [0.1, 0.15) is 0 Å². The fraction of sp³-hybridized carbons (Fsp3) is 0.625. The molecule has 0 amide bonds. The second-order valence-electron chi connectivity index (χ2n) is 5.67. The fourth-order valence-electron chi connectivity index (χ4n) is 3.06. The number of hydrogen-bond donors (Lipinski definition) is 1. The zero-order chi connectivity index (χ0) is 13.0. The molecule has 0 aliphatic carbocycles. The van der Waals surface area contributed by atoms with Crippen LogP contribution >= 0.6 is 12.4 Å². The molecule has 1 heterocycles. The predicted molar refractivity (Wildman–Crippen MR) is 84.8 cm³/mol. The van der Waals surface area contributed by atoms with Gasteiger partial charge in [-0.1, -0.05) is 29.8 Å². The van der Waals surface area contributed by atoms with Gasteiger partial charge in [0.05, 0.1) is 0 Å². The molecule has 0 bridgehead atoms. The molecule has 19 heavy (non-hydrogen) atoms. The Morgan fingerprint density at radius 1 is 1.42 bits per heavy atom. The van der Waals surface area contributed by atoms with Crippen LogP contribution in [0.2, 0.25) is 0 Å². The smallest absolute Gasteiger partial charge is 0.0320 e. The monoisotopic (exact) mass is 282 g/mol. The van der Waals surface area contributed by atoms with E-state index < -0.39 is 0 Å². The van der Waals surface area contributed by atoms with E-state index in [9.17, 15) is 0 Å². The highest BCUT2D eigenvalue weighted by molar-refractivity contribution is 5.85. The van der Waals surface area contributed by atoms with Crippen LogP contribution in [0.15, 0.2) is 24.3 Å². The minimum Gasteiger partial charge on any atom is -0.330 e. The van der Waals surface area contributed by atoms with E-state index in [4.69, 9.17) is 5.73 Å². The lowest BCUT2D eigenvalue weighted by molar-refractivity contribution is 0.128. The van der Waals surface area contributed by atoms with E-state index in [1.807, 2.05) is 0 Å². The maximum Gasteiger partial charge on any atom is 0.0320 e. The maximum absolute atomic E-state index is 5.69. The van der Waals surface area contributed by atoms with Gasteiger partial charge in [-0.25, -0.2) is 0 Å². The highest BCUT2D eigenvalue weighted by atomic mass is 35.5. The summed E-state index contributed by atoms with van der Waals surface area (Å²) in [6.07, 6.45) is 3.85. The van der Waals surface area contributed by atoms with E-state index in [2.05, 4.69) is 43.0 Å². The molecule has 0 radical (unpaired) electrons. The molecule has 2 rings (SSSR count). The van der Waals surface area contributed by atoms with Crippen LogP contribution in [0.4, 0.5) is 0 Å². The molecule has 2 N–H and O–H groups in total. The molecule has 0 spiro atoms. The minimum atomic E-state index is 0. The molecule has 3 heteroatoms. The number of benzene rings is 1. The van der Waals surface area contributed by atoms with Gasteiger partial charge in [-0.2, -0.15) is 0 Å². The van der Waals surface area contributed by atoms with Crippen LogP contribution < -0.4 is 5.73 Å². The van der Waals surface area contributed by atoms with Gasteiger partial charge in [0.15, 0.2) is 0 Å². The quantitative estimate of drug-likeness (QED) is 0.915. The first-order valence-electron chi connectivity index (χ1n) is 7.21. The molecule has 1 saturated heterocycles. The maximum atomic E-state index is 5.69. The molecule has 2 unspecified atom stereocenters. The van der Waals surface area contributed by atoms with E-state index >= 15 is 0 Å². The summed E-state index contributed by atoms with van der Waals surface area (Å²) in [7, 11) is 0. The van der Waals surface area contributed by atoms with Crippen molar-refractivity contribution in [2.24, 2.45) is 11.7 Å². The molecule has 1 aliphatic rings. The largest absolute Gasteiger partial charge is 0.330 e. The van der Waals surface area contributed by atoms with E-state index in [1.165, 1.54) is 43.5 Å². The zero-order valence-electron chi connectivity index (χ0n) is 12.1. The number of hydrogen-bond acceptors (Lipinski definition) is 2. The highest BCUT2D eigenvalue weighted by Gasteiger charge is 2.23. The first kappa shape index (κ1) is 16.5. The summed E-state index contributed by atoms with van der Waals surface area (Å²) in [5.41, 5.74) is 8.50. The molecule has 1 aliphatic heterocycles. The normalized spacial score (nSPS) is 21.7. The third-order valence-electron chi connectivity index (χ3n) is 4.20. The van der Waals surface area contributed by atoms with Crippen LogP contribution in [-0.2, 0) is 0 Å². The van der Waals surface area contributed by atoms with Gasteiger partial charge < -0.3 is 5.73 Å². The van der Waals surface area contributed by atoms with Crippen molar-refractivity contribution in [2.45, 2.75) is 39.2 Å². The van der Waals surface area contributed by atoms with Crippen LogP contribution in [0.5, 0.6) is 0 Å². The third-order valence-corrected chi connectivity index (χ3v) is 4.20. The number of piperidine rings is 1. The van der Waals surface area contributed by atoms with Gasteiger partial charge in [0.25, 0.3) is 0 Å². The Labute approximate surface area is 123 Å². The number of likely N-dealkylation sites (tertiary alicyclic amines) is 1. The number of aryl methyl sites for hydroxylation is 1. The second kappa shape index (κ2) is 7.88. The Morgan fingerprint density at radius 2 is 2.21 bits per heavy atom. The van der Waals surface area contributed by atoms with Crippen molar-refractivity contribution in [3.8, 4) is 0 Å². The SMILES string of the molecule is Cc1cccc(C(C)N2CCCC(CCN)C2)c1.Cl. The summed E-state index contributed by atoms with van der Waals surface area (Å²) < 4.78 is 0. The van der Waals surface area contributed by atoms with Crippen molar-refractivity contribution in [1.82, 2.24) is 4.90 Å². The average molecular weight is 283 g/mol. The van der Waals surface area contributed by atoms with E-state index in [1.54, 1.807) is 0 Å². The zero-order valence-corrected chi connectivity index (χ0v) is 13.0. The Balaban J connectivity index is 0.00000180. The summed E-state index contributed by atoms with van der Waals surface area (Å²) in [4.78, 5) is 2.62. The first-order chi connectivity index (χ1) is 8.70. The van der Waals surface area contributed by atoms with Crippen molar-refractivity contribution >= 4 is 12.4 Å². The van der Waals surface area contributed by atoms with Crippen LogP contribution in [0.25, 0.3) is 0 Å². The first-order valence-corrected chi connectivity index (χ1v) is 7.21. The lowest BCUT2D eigenvalue weighted by Crippen LogP contribution is -2.37. The van der Waals surface area contributed by atoms with Crippen molar-refractivity contribution < 1.29 is 0 Å². The van der Waals surface area contributed by atoms with E-state index in [0.29, 0.717) is 6.04 Å². The van der Waals surface area contributed by atoms with E-state index in [-0.39, 0.29) is 12.4 Å². The van der Waals surface area contributed by atoms with Crippen molar-refractivity contribution in [2.75, 3.05) is 19.6 Å². The molecule has 1 aromatic carbocycles. The second-order valence-corrected chi connectivity index (χ2v) is 5.67. The van der Waals surface area contributed by atoms with Crippen molar-refractivity contribution in [3.05, 3.63) is 35.4 Å². The Bertz CT molecular complexity index is 379. The Hall–Kier alpha value is -0.570. The summed E-state index contributed by atoms with van der Waals surface area (Å²) in [5, 5.41) is 0. The van der Waals surface area contributed by atoms with Gasteiger partial charge >= 0.3 is 0 Å². The van der Waals surface area contributed by atoms with Crippen LogP contribution in [0.3, 0.4) is 0 Å². The van der Waals surface area contributed by atoms with Gasteiger partial charge in [-0.3, -0.25) is 4.90 Å². The lowest BCUT2D eigenvalue weighted by atomic mass is 9.92. The van der Waals surface area contributed by atoms with Gasteiger partial charge in [0.2, 0.25) is 0 Å². The van der Waals surface area contributed by atoms with Crippen LogP contribution in [0.1, 0.15) is 43.4 Å². The third kappa shape index (κ3) is 4.48. The van der Waals surface area contributed by atoms with Gasteiger partial charge in [-0.05, 0) is 57.7 Å². The molecule has 108 valence electrons. The summed E-state index contributed by atoms with van der Waals surface area (Å²) in [5.74, 6) is 0.802. The number of halogens is 1. The summed E-state index contributed by atoms with van der Waals surface area (Å²) in [6, 6.07) is 9.44. The molecule has 2 nitrogen and oxygen atoms in total. The van der Waals surface area contributed by atoms with Crippen molar-refractivity contribution in [1.29, 1.82) is 0 Å². The number of nitrogens with zero attached hydrogens (tertiary/aromatic N) is 1. The van der Waals surface area contributed by atoms with Crippen LogP contribution in [0, 0.1) is 12.8 Å². The van der Waals surface area contributed by atoms with Crippen LogP contribution in [-0.4, -0.2) is 24.5 Å². The molecule has 2 atom stereocenters. The molecular weight excluding hydrogens is 256 g/mol. The van der Waals surface area contributed by atoms with Crippen molar-refractivity contribution in [3.63, 3.8) is 0 Å². The fourth-order valence-corrected chi connectivity index (χ4v) is 3.06. The lowest BCUT2D eigenvalue weighted by Gasteiger charge is -2.37. The summed E-state index contributed by atoms with van der Waals surface area (Å²) >= 11 is 0. The molecular formula is C16H27ClN2. The Morgan fingerprint density at radius 3 is 2.89 bits per heavy atom. The van der Waals surface area contributed by atoms with Gasteiger partial charge in [0, 0.05) is 12.6 Å². The molecule has 1 fully saturated rings. The van der Waals surface area contributed by atoms with Gasteiger partial charge in [-0.15, -0.1) is 12.4 Å². The highest BCUT2D eigenvalue weighted by Crippen LogP contribution is 2.28. The average Bonchev–Trinajstić information content (AvgIpc) is 2.39. The molecule has 0 aromatic heterocycles.